The number of anilines is 1. The molecule has 0 aliphatic heterocycles. The van der Waals surface area contributed by atoms with Gasteiger partial charge in [0.15, 0.2) is 11.5 Å². The minimum atomic E-state index is 0.319. The van der Waals surface area contributed by atoms with Gasteiger partial charge in [-0.15, -0.1) is 0 Å². The fourth-order valence-corrected chi connectivity index (χ4v) is 2.08. The van der Waals surface area contributed by atoms with Crippen molar-refractivity contribution in [2.24, 2.45) is 0 Å². The van der Waals surface area contributed by atoms with E-state index in [0.717, 1.165) is 46.5 Å². The number of fused-ring (bicyclic) bond motifs is 1. The fourth-order valence-electron chi connectivity index (χ4n) is 2.08. The van der Waals surface area contributed by atoms with Gasteiger partial charge in [-0.1, -0.05) is 6.92 Å². The van der Waals surface area contributed by atoms with Crippen molar-refractivity contribution in [1.29, 1.82) is 0 Å². The van der Waals surface area contributed by atoms with Crippen LogP contribution in [0.1, 0.15) is 25.8 Å². The molecule has 0 bridgehead atoms. The molecule has 3 aromatic rings. The molecule has 0 aliphatic carbocycles. The summed E-state index contributed by atoms with van der Waals surface area (Å²) in [5, 5.41) is 19.2. The van der Waals surface area contributed by atoms with Crippen molar-refractivity contribution in [2.75, 3.05) is 18.5 Å². The standard InChI is InChI=1S/C14H15N5.C3H8O/c1-3-16-13-12-5-11(8-17-14(12)19-18-13)10-4-9(2)6-15-7-10;1-2-3-4/h4-8H,3H2,1-2H3,(H2,16,17,18,19);4H,2-3H2,1H3. The third kappa shape index (κ3) is 4.26. The quantitative estimate of drug-likeness (QED) is 0.689. The zero-order valence-electron chi connectivity index (χ0n) is 13.8. The monoisotopic (exact) mass is 313 g/mol. The maximum atomic E-state index is 7.88. The summed E-state index contributed by atoms with van der Waals surface area (Å²) < 4.78 is 0. The number of aromatic nitrogens is 4. The molecule has 0 radical (unpaired) electrons. The number of nitrogens with zero attached hydrogens (tertiary/aromatic N) is 3. The minimum Gasteiger partial charge on any atom is -0.396 e. The van der Waals surface area contributed by atoms with E-state index in [1.807, 2.05) is 39.4 Å². The largest absolute Gasteiger partial charge is 0.396 e. The van der Waals surface area contributed by atoms with E-state index in [4.69, 9.17) is 5.11 Å². The summed E-state index contributed by atoms with van der Waals surface area (Å²) in [6.45, 7) is 7.16. The number of hydrogen-bond acceptors (Lipinski definition) is 5. The van der Waals surface area contributed by atoms with E-state index < -0.39 is 0 Å². The predicted molar refractivity (Wildman–Crippen MR) is 93.4 cm³/mol. The summed E-state index contributed by atoms with van der Waals surface area (Å²) in [4.78, 5) is 8.62. The van der Waals surface area contributed by atoms with Gasteiger partial charge in [0.05, 0.1) is 5.39 Å². The van der Waals surface area contributed by atoms with E-state index in [0.29, 0.717) is 6.61 Å². The molecule has 3 heterocycles. The van der Waals surface area contributed by atoms with Gasteiger partial charge in [-0.05, 0) is 38.0 Å². The molecule has 3 aromatic heterocycles. The second kappa shape index (κ2) is 8.24. The molecule has 23 heavy (non-hydrogen) atoms. The Kier molecular flexibility index (Phi) is 6.05. The van der Waals surface area contributed by atoms with Gasteiger partial charge in [-0.25, -0.2) is 4.98 Å². The van der Waals surface area contributed by atoms with E-state index in [9.17, 15) is 0 Å². The number of hydrogen-bond donors (Lipinski definition) is 3. The lowest BCUT2D eigenvalue weighted by Crippen LogP contribution is -1.96. The second-order valence-electron chi connectivity index (χ2n) is 5.20. The highest BCUT2D eigenvalue weighted by molar-refractivity contribution is 5.90. The van der Waals surface area contributed by atoms with E-state index >= 15 is 0 Å². The Hall–Kier alpha value is -2.47. The Bertz CT molecular complexity index is 752. The van der Waals surface area contributed by atoms with Gasteiger partial charge in [0.2, 0.25) is 0 Å². The smallest absolute Gasteiger partial charge is 0.157 e. The molecule has 0 fully saturated rings. The average Bonchev–Trinajstić information content (AvgIpc) is 2.98. The molecule has 122 valence electrons. The van der Waals surface area contributed by atoms with Crippen LogP contribution < -0.4 is 5.32 Å². The number of aromatic amines is 1. The summed E-state index contributed by atoms with van der Waals surface area (Å²) in [7, 11) is 0. The third-order valence-corrected chi connectivity index (χ3v) is 3.19. The van der Waals surface area contributed by atoms with Crippen molar-refractivity contribution in [2.45, 2.75) is 27.2 Å². The van der Waals surface area contributed by atoms with Gasteiger partial charge in [-0.2, -0.15) is 5.10 Å². The molecule has 0 atom stereocenters. The van der Waals surface area contributed by atoms with Crippen molar-refractivity contribution in [3.8, 4) is 11.1 Å². The number of aliphatic hydroxyl groups is 1. The topological polar surface area (TPSA) is 86.7 Å². The number of aryl methyl sites for hydroxylation is 1. The number of aliphatic hydroxyl groups excluding tert-OH is 1. The van der Waals surface area contributed by atoms with Gasteiger partial charge in [0.25, 0.3) is 0 Å². The minimum absolute atomic E-state index is 0.319. The zero-order valence-corrected chi connectivity index (χ0v) is 13.8. The van der Waals surface area contributed by atoms with Gasteiger partial charge in [0.1, 0.15) is 0 Å². The van der Waals surface area contributed by atoms with Crippen LogP contribution in [0.25, 0.3) is 22.2 Å². The van der Waals surface area contributed by atoms with Gasteiger partial charge < -0.3 is 10.4 Å². The molecule has 3 N–H and O–H groups in total. The Morgan fingerprint density at radius 3 is 2.52 bits per heavy atom. The summed E-state index contributed by atoms with van der Waals surface area (Å²) in [5.41, 5.74) is 4.04. The number of nitrogens with one attached hydrogen (secondary N) is 2. The lowest BCUT2D eigenvalue weighted by molar-refractivity contribution is 0.295. The SMILES string of the molecule is CCCO.CCNc1n[nH]c2ncc(-c3cncc(C)c3)cc12. The van der Waals surface area contributed by atoms with Crippen LogP contribution in [0.2, 0.25) is 0 Å². The van der Waals surface area contributed by atoms with Crippen molar-refractivity contribution in [3.63, 3.8) is 0 Å². The van der Waals surface area contributed by atoms with Crippen molar-refractivity contribution < 1.29 is 5.11 Å². The van der Waals surface area contributed by atoms with Crippen molar-refractivity contribution >= 4 is 16.9 Å². The maximum absolute atomic E-state index is 7.88. The number of pyridine rings is 2. The molecule has 0 aliphatic rings. The zero-order chi connectivity index (χ0) is 16.7. The number of rotatable bonds is 4. The van der Waals surface area contributed by atoms with E-state index in [-0.39, 0.29) is 0 Å². The second-order valence-corrected chi connectivity index (χ2v) is 5.20. The Balaban J connectivity index is 0.000000433. The van der Waals surface area contributed by atoms with Crippen molar-refractivity contribution in [1.82, 2.24) is 20.2 Å². The van der Waals surface area contributed by atoms with Crippen LogP contribution >= 0.6 is 0 Å². The lowest BCUT2D eigenvalue weighted by atomic mass is 10.1. The molecule has 0 saturated carbocycles. The fraction of sp³-hybridized carbons (Fsp3) is 0.353. The van der Waals surface area contributed by atoms with Crippen LogP contribution in [0.4, 0.5) is 5.82 Å². The molecule has 3 rings (SSSR count). The third-order valence-electron chi connectivity index (χ3n) is 3.19. The molecule has 0 aromatic carbocycles. The normalized spacial score (nSPS) is 10.3. The molecule has 6 heteroatoms. The highest BCUT2D eigenvalue weighted by Crippen LogP contribution is 2.25. The summed E-state index contributed by atoms with van der Waals surface area (Å²) in [6.07, 6.45) is 6.41. The summed E-state index contributed by atoms with van der Waals surface area (Å²) in [5.74, 6) is 0.840. The molecule has 6 nitrogen and oxygen atoms in total. The Morgan fingerprint density at radius 1 is 1.13 bits per heavy atom. The maximum Gasteiger partial charge on any atom is 0.157 e. The Labute approximate surface area is 136 Å². The average molecular weight is 313 g/mol. The summed E-state index contributed by atoms with van der Waals surface area (Å²) >= 11 is 0. The van der Waals surface area contributed by atoms with E-state index in [1.54, 1.807) is 0 Å². The van der Waals surface area contributed by atoms with Gasteiger partial charge >= 0.3 is 0 Å². The Morgan fingerprint density at radius 2 is 1.87 bits per heavy atom. The first-order valence-corrected chi connectivity index (χ1v) is 7.80. The van der Waals surface area contributed by atoms with Gasteiger partial charge in [-0.3, -0.25) is 10.1 Å². The van der Waals surface area contributed by atoms with Crippen molar-refractivity contribution in [3.05, 3.63) is 36.3 Å². The molecule has 0 amide bonds. The van der Waals surface area contributed by atoms with Crippen LogP contribution in [-0.2, 0) is 0 Å². The van der Waals surface area contributed by atoms with E-state index in [1.165, 1.54) is 0 Å². The van der Waals surface area contributed by atoms with Gasteiger partial charge in [0, 0.05) is 42.9 Å². The van der Waals surface area contributed by atoms with Crippen LogP contribution in [0.15, 0.2) is 30.7 Å². The predicted octanol–water partition coefficient (Wildman–Crippen LogP) is 3.15. The molecule has 0 unspecified atom stereocenters. The van der Waals surface area contributed by atoms with Crippen LogP contribution in [0.3, 0.4) is 0 Å². The molecular formula is C17H23N5O. The highest BCUT2D eigenvalue weighted by atomic mass is 16.2. The van der Waals surface area contributed by atoms with Crippen LogP contribution in [0.5, 0.6) is 0 Å². The summed E-state index contributed by atoms with van der Waals surface area (Å²) in [6, 6.07) is 4.18. The highest BCUT2D eigenvalue weighted by Gasteiger charge is 2.08. The first-order chi connectivity index (χ1) is 11.2. The first kappa shape index (κ1) is 16.9. The lowest BCUT2D eigenvalue weighted by Gasteiger charge is -2.03. The first-order valence-electron chi connectivity index (χ1n) is 7.80. The molecular weight excluding hydrogens is 290 g/mol. The molecule has 0 spiro atoms. The van der Waals surface area contributed by atoms with E-state index in [2.05, 4.69) is 37.6 Å². The van der Waals surface area contributed by atoms with Crippen LogP contribution in [0, 0.1) is 6.92 Å². The molecule has 0 saturated heterocycles. The van der Waals surface area contributed by atoms with Crippen LogP contribution in [-0.4, -0.2) is 38.4 Å². The number of H-pyrrole nitrogens is 1.